The Morgan fingerprint density at radius 2 is 0.708 bits per heavy atom. The monoisotopic (exact) mass is 1260 g/mol. The third-order valence-electron chi connectivity index (χ3n) is 19.3. The fourth-order valence-corrected chi connectivity index (χ4v) is 14.8. The van der Waals surface area contributed by atoms with Crippen molar-refractivity contribution >= 4 is 83.9 Å². The van der Waals surface area contributed by atoms with Gasteiger partial charge in [0.2, 0.25) is 0 Å². The molecule has 5 heteroatoms. The third kappa shape index (κ3) is 10.9. The van der Waals surface area contributed by atoms with Gasteiger partial charge in [-0.05, 0) is 140 Å². The first kappa shape index (κ1) is 60.8. The van der Waals surface area contributed by atoms with Crippen LogP contribution < -0.4 is 10.2 Å². The van der Waals surface area contributed by atoms with Crippen LogP contribution in [0.15, 0.2) is 336 Å². The molecule has 2 aromatic heterocycles. The molecule has 0 atom stereocenters. The molecule has 0 saturated carbocycles. The number of fused-ring (bicyclic) bond motifs is 12. The van der Waals surface area contributed by atoms with Crippen molar-refractivity contribution in [2.45, 2.75) is 46.0 Å². The van der Waals surface area contributed by atoms with Crippen LogP contribution >= 0.6 is 11.6 Å². The summed E-state index contributed by atoms with van der Waals surface area (Å²) >= 11 is 6.29. The van der Waals surface area contributed by atoms with Gasteiger partial charge in [0.1, 0.15) is 22.3 Å². The summed E-state index contributed by atoms with van der Waals surface area (Å²) in [5.41, 5.74) is 29.1. The Morgan fingerprint density at radius 1 is 0.302 bits per heavy atom. The summed E-state index contributed by atoms with van der Waals surface area (Å²) in [6, 6.07) is 116. The molecule has 96 heavy (non-hydrogen) atoms. The van der Waals surface area contributed by atoms with Crippen molar-refractivity contribution in [3.63, 3.8) is 0 Å². The molecular weight excluding hydrogens is 1190 g/mol. The number of benzene rings is 14. The van der Waals surface area contributed by atoms with Gasteiger partial charge in [-0.15, -0.1) is 0 Å². The standard InChI is InChI=1S/C45H33NO.C27H23N.C18H11ClO.CH4/c1-45(2)40-22-12-9-20-35(40)36-26-25-32(29-41(36)45)46(42-23-13-10-19-34(42)30-15-5-3-6-16-30)33-27-38(31-17-7-4-8-18-31)44-39(28-33)37-21-11-14-24-43(37)47-44;1-27(2)24-14-8-6-13-22(24)23-17-16-20(18-25(23)27)28-26-15-9-7-12-21(26)19-10-4-3-5-11-19;19-13-10-15(12-6-2-1-3-7-12)18-16(11-13)14-8-4-5-9-17(14)20-18;/h3-29H,1-2H3;3-18,28H,1-2H3;1-11H;1H4. The van der Waals surface area contributed by atoms with Crippen LogP contribution in [0.4, 0.5) is 28.4 Å². The highest BCUT2D eigenvalue weighted by atomic mass is 35.5. The van der Waals surface area contributed by atoms with E-state index in [1.54, 1.807) is 0 Å². The molecule has 16 aromatic rings. The largest absolute Gasteiger partial charge is 0.455 e. The van der Waals surface area contributed by atoms with Gasteiger partial charge in [0, 0.05) is 82.4 Å². The van der Waals surface area contributed by atoms with Crippen LogP contribution in [0.2, 0.25) is 5.02 Å². The summed E-state index contributed by atoms with van der Waals surface area (Å²) in [4.78, 5) is 2.44. The topological polar surface area (TPSA) is 41.6 Å². The Hall–Kier alpha value is -11.4. The smallest absolute Gasteiger partial charge is 0.143 e. The maximum atomic E-state index is 6.58. The number of hydrogen-bond donors (Lipinski definition) is 1. The highest BCUT2D eigenvalue weighted by Gasteiger charge is 2.37. The number of hydrogen-bond acceptors (Lipinski definition) is 4. The molecular formula is C91H71ClN2O2. The Kier molecular flexibility index (Phi) is 15.9. The molecule has 0 saturated heterocycles. The summed E-state index contributed by atoms with van der Waals surface area (Å²) in [7, 11) is 0. The first-order valence-corrected chi connectivity index (χ1v) is 32.9. The number of rotatable bonds is 9. The molecule has 0 spiro atoms. The molecule has 0 radical (unpaired) electrons. The zero-order valence-corrected chi connectivity index (χ0v) is 54.1. The molecule has 4 nitrogen and oxygen atoms in total. The Bertz CT molecular complexity index is 5530. The number of anilines is 5. The first-order chi connectivity index (χ1) is 46.5. The number of furan rings is 2. The molecule has 2 heterocycles. The van der Waals surface area contributed by atoms with Gasteiger partial charge in [-0.2, -0.15) is 0 Å². The minimum atomic E-state index is -0.119. The van der Waals surface area contributed by atoms with E-state index in [0.717, 1.165) is 99.6 Å². The zero-order chi connectivity index (χ0) is 64.2. The van der Waals surface area contributed by atoms with Crippen LogP contribution in [0.3, 0.4) is 0 Å². The molecule has 0 bridgehead atoms. The van der Waals surface area contributed by atoms with E-state index >= 15 is 0 Å². The van der Waals surface area contributed by atoms with E-state index in [1.807, 2.05) is 54.6 Å². The molecule has 464 valence electrons. The van der Waals surface area contributed by atoms with Gasteiger partial charge in [-0.1, -0.05) is 302 Å². The molecule has 18 rings (SSSR count). The molecule has 0 unspecified atom stereocenters. The quantitative estimate of drug-likeness (QED) is 0.156. The fourth-order valence-electron chi connectivity index (χ4n) is 14.6. The van der Waals surface area contributed by atoms with Crippen LogP contribution in [-0.4, -0.2) is 0 Å². The van der Waals surface area contributed by atoms with E-state index in [-0.39, 0.29) is 18.3 Å². The van der Waals surface area contributed by atoms with E-state index < -0.39 is 0 Å². The highest BCUT2D eigenvalue weighted by Crippen LogP contribution is 2.53. The van der Waals surface area contributed by atoms with Crippen LogP contribution in [0.5, 0.6) is 0 Å². The van der Waals surface area contributed by atoms with Crippen LogP contribution in [-0.2, 0) is 10.8 Å². The van der Waals surface area contributed by atoms with Crippen LogP contribution in [0.25, 0.3) is 111 Å². The van der Waals surface area contributed by atoms with Gasteiger partial charge in [-0.25, -0.2) is 0 Å². The summed E-state index contributed by atoms with van der Waals surface area (Å²) in [6.45, 7) is 9.33. The van der Waals surface area contributed by atoms with Gasteiger partial charge in [0.15, 0.2) is 0 Å². The normalized spacial score (nSPS) is 12.7. The highest BCUT2D eigenvalue weighted by molar-refractivity contribution is 6.32. The summed E-state index contributed by atoms with van der Waals surface area (Å²) in [6.07, 6.45) is 0. The van der Waals surface area contributed by atoms with Crippen molar-refractivity contribution in [3.05, 3.63) is 355 Å². The van der Waals surface area contributed by atoms with Gasteiger partial charge in [0.25, 0.3) is 0 Å². The summed E-state index contributed by atoms with van der Waals surface area (Å²) in [5.74, 6) is 0. The van der Waals surface area contributed by atoms with Crippen molar-refractivity contribution in [3.8, 4) is 66.8 Å². The molecule has 0 amide bonds. The first-order valence-electron chi connectivity index (χ1n) is 32.6. The van der Waals surface area contributed by atoms with E-state index in [9.17, 15) is 0 Å². The van der Waals surface area contributed by atoms with Gasteiger partial charge in [0.05, 0.1) is 5.69 Å². The van der Waals surface area contributed by atoms with Crippen LogP contribution in [0, 0.1) is 0 Å². The van der Waals surface area contributed by atoms with E-state index in [0.29, 0.717) is 0 Å². The van der Waals surface area contributed by atoms with Crippen molar-refractivity contribution in [1.29, 1.82) is 0 Å². The second-order valence-corrected chi connectivity index (χ2v) is 26.2. The predicted octanol–water partition coefficient (Wildman–Crippen LogP) is 26.6. The van der Waals surface area contributed by atoms with Crippen molar-refractivity contribution in [1.82, 2.24) is 0 Å². The van der Waals surface area contributed by atoms with Crippen molar-refractivity contribution < 1.29 is 8.83 Å². The SMILES string of the molecule is C.CC1(C)c2ccccc2-c2ccc(N(c3cc(-c4ccccc4)c4oc5ccccc5c4c3)c3ccccc3-c3ccccc3)cc21.CC1(C)c2ccccc2-c2ccc(Nc3ccccc3-c3ccccc3)cc21.Clc1cc(-c2ccccc2)c2oc3ccccc3c2c1. The van der Waals surface area contributed by atoms with E-state index in [1.165, 1.54) is 66.8 Å². The van der Waals surface area contributed by atoms with E-state index in [2.05, 4.69) is 311 Å². The van der Waals surface area contributed by atoms with Crippen molar-refractivity contribution in [2.75, 3.05) is 10.2 Å². The average Bonchev–Trinajstić information content (AvgIpc) is 1.60. The summed E-state index contributed by atoms with van der Waals surface area (Å²) in [5, 5.41) is 8.77. The predicted molar refractivity (Wildman–Crippen MR) is 407 cm³/mol. The lowest BCUT2D eigenvalue weighted by Gasteiger charge is -2.30. The van der Waals surface area contributed by atoms with E-state index in [4.69, 9.17) is 20.4 Å². The maximum absolute atomic E-state index is 6.58. The minimum Gasteiger partial charge on any atom is -0.455 e. The lowest BCUT2D eigenvalue weighted by Crippen LogP contribution is -2.17. The molecule has 0 fully saturated rings. The van der Waals surface area contributed by atoms with Gasteiger partial charge < -0.3 is 19.1 Å². The lowest BCUT2D eigenvalue weighted by atomic mass is 9.82. The maximum Gasteiger partial charge on any atom is 0.143 e. The number of halogens is 1. The Morgan fingerprint density at radius 3 is 1.27 bits per heavy atom. The number of para-hydroxylation sites is 4. The fraction of sp³-hybridized carbons (Fsp3) is 0.0769. The third-order valence-corrected chi connectivity index (χ3v) is 19.5. The average molecular weight is 1260 g/mol. The lowest BCUT2D eigenvalue weighted by molar-refractivity contribution is 0.660. The molecule has 1 N–H and O–H groups in total. The Balaban J connectivity index is 0.000000130. The van der Waals surface area contributed by atoms with Gasteiger partial charge >= 0.3 is 0 Å². The second kappa shape index (κ2) is 25.1. The van der Waals surface area contributed by atoms with Crippen molar-refractivity contribution in [2.24, 2.45) is 0 Å². The molecule has 0 aliphatic heterocycles. The van der Waals surface area contributed by atoms with Crippen LogP contribution in [0.1, 0.15) is 57.4 Å². The second-order valence-electron chi connectivity index (χ2n) is 25.7. The van der Waals surface area contributed by atoms with Gasteiger partial charge in [-0.3, -0.25) is 0 Å². The minimum absolute atomic E-state index is 0. The molecule has 2 aliphatic rings. The molecule has 2 aliphatic carbocycles. The summed E-state index contributed by atoms with van der Waals surface area (Å²) < 4.78 is 12.6. The number of nitrogens with zero attached hydrogens (tertiary/aromatic N) is 1. The Labute approximate surface area is 567 Å². The number of nitrogens with one attached hydrogen (secondary N) is 1. The zero-order valence-electron chi connectivity index (χ0n) is 53.3. The molecule has 14 aromatic carbocycles.